The fraction of sp³-hybridized carbons (Fsp3) is 0.407. The number of ether oxygens (including phenoxy) is 2. The van der Waals surface area contributed by atoms with Crippen LogP contribution >= 0.6 is 11.8 Å². The fourth-order valence-corrected chi connectivity index (χ4v) is 4.71. The summed E-state index contributed by atoms with van der Waals surface area (Å²) in [6.45, 7) is 3.32. The van der Waals surface area contributed by atoms with Crippen LogP contribution in [0.4, 0.5) is 5.69 Å². The molecule has 2 aromatic rings. The molecule has 3 N–H and O–H groups in total. The van der Waals surface area contributed by atoms with Crippen LogP contribution in [0.15, 0.2) is 42.5 Å². The average Bonchev–Trinajstić information content (AvgIpc) is 2.90. The zero-order valence-corrected chi connectivity index (χ0v) is 23.5. The predicted octanol–water partition coefficient (Wildman–Crippen LogP) is 2.76. The summed E-state index contributed by atoms with van der Waals surface area (Å²) in [5.74, 6) is -2.78. The Bertz CT molecular complexity index is 1220. The summed E-state index contributed by atoms with van der Waals surface area (Å²) in [7, 11) is 2.67. The Balaban J connectivity index is 2.12. The third-order valence-corrected chi connectivity index (χ3v) is 6.86. The maximum absolute atomic E-state index is 13.1. The molecule has 0 aliphatic heterocycles. The van der Waals surface area contributed by atoms with Gasteiger partial charge in [-0.05, 0) is 17.5 Å². The van der Waals surface area contributed by atoms with Crippen molar-refractivity contribution in [1.82, 2.24) is 10.6 Å². The molecule has 2 rings (SSSR count). The van der Waals surface area contributed by atoms with E-state index < -0.39 is 59.3 Å². The number of carboxylic acid groups (broad SMARTS) is 1. The number of carboxylic acids is 1. The number of methoxy groups -OCH3 is 2. The van der Waals surface area contributed by atoms with E-state index in [0.29, 0.717) is 5.75 Å². The monoisotopic (exact) mass is 575 g/mol. The summed E-state index contributed by atoms with van der Waals surface area (Å²) in [5.41, 5.74) is 0.673. The van der Waals surface area contributed by atoms with Crippen molar-refractivity contribution in [3.63, 3.8) is 0 Å². The standard InChI is InChI=1S/C27H33N3O9S/c1-16(2)26(29-24(32)11-18-10-22(38-3)23(39-4)13-20(18)30(36)37)27(35)28-19(12-25(33)34)21(31)15-40-14-17-8-6-5-7-9-17/h5-10,13,16,19,26H,11-12,14-15H2,1-4H3,(H,28,35)(H,29,32)(H,33,34). The van der Waals surface area contributed by atoms with Crippen LogP contribution in [-0.2, 0) is 31.4 Å². The second kappa shape index (κ2) is 15.5. The molecule has 2 unspecified atom stereocenters. The molecule has 0 aromatic heterocycles. The number of thioether (sulfide) groups is 1. The zero-order valence-electron chi connectivity index (χ0n) is 22.7. The van der Waals surface area contributed by atoms with Gasteiger partial charge in [0.15, 0.2) is 17.3 Å². The first-order valence-electron chi connectivity index (χ1n) is 12.3. The number of hydrogen-bond acceptors (Lipinski definition) is 9. The number of nitro groups is 1. The van der Waals surface area contributed by atoms with Crippen molar-refractivity contribution in [1.29, 1.82) is 0 Å². The maximum atomic E-state index is 13.1. The van der Waals surface area contributed by atoms with E-state index in [1.54, 1.807) is 13.8 Å². The van der Waals surface area contributed by atoms with Crippen LogP contribution < -0.4 is 20.1 Å². The number of amides is 2. The SMILES string of the molecule is COc1cc(CC(=O)NC(C(=O)NC(CC(=O)O)C(=O)CSCc2ccccc2)C(C)C)c([N+](=O)[O-])cc1OC. The Labute approximate surface area is 236 Å². The molecule has 2 amide bonds. The Morgan fingerprint density at radius 1 is 1.02 bits per heavy atom. The molecule has 0 bridgehead atoms. The Kier molecular flexibility index (Phi) is 12.4. The number of carbonyl (C=O) groups is 4. The Hall–Kier alpha value is -4.13. The van der Waals surface area contributed by atoms with Crippen LogP contribution in [0.3, 0.4) is 0 Å². The molecule has 0 aliphatic rings. The van der Waals surface area contributed by atoms with Crippen LogP contribution in [0.25, 0.3) is 0 Å². The van der Waals surface area contributed by atoms with Crippen molar-refractivity contribution in [2.45, 2.75) is 44.5 Å². The number of ketones is 1. The number of rotatable bonds is 16. The van der Waals surface area contributed by atoms with E-state index >= 15 is 0 Å². The molecule has 0 heterocycles. The van der Waals surface area contributed by atoms with E-state index in [1.807, 2.05) is 30.3 Å². The van der Waals surface area contributed by atoms with Crippen LogP contribution in [0.2, 0.25) is 0 Å². The number of nitro benzene ring substituents is 1. The number of Topliss-reactive ketones (excluding diaryl/α,β-unsaturated/α-hetero) is 1. The zero-order chi connectivity index (χ0) is 29.8. The molecular formula is C27H33N3O9S. The van der Waals surface area contributed by atoms with E-state index in [4.69, 9.17) is 9.47 Å². The lowest BCUT2D eigenvalue weighted by molar-refractivity contribution is -0.385. The van der Waals surface area contributed by atoms with Crippen LogP contribution in [0, 0.1) is 16.0 Å². The summed E-state index contributed by atoms with van der Waals surface area (Å²) in [6.07, 6.45) is -1.06. The number of nitrogens with one attached hydrogen (secondary N) is 2. The molecule has 2 atom stereocenters. The molecule has 0 saturated carbocycles. The first-order valence-corrected chi connectivity index (χ1v) is 13.5. The quantitative estimate of drug-likeness (QED) is 0.199. The molecule has 0 saturated heterocycles. The molecule has 0 spiro atoms. The third kappa shape index (κ3) is 9.56. The lowest BCUT2D eigenvalue weighted by atomic mass is 10.0. The number of hydrogen-bond donors (Lipinski definition) is 3. The van der Waals surface area contributed by atoms with Gasteiger partial charge >= 0.3 is 5.97 Å². The van der Waals surface area contributed by atoms with Gasteiger partial charge in [-0.3, -0.25) is 29.3 Å². The third-order valence-electron chi connectivity index (χ3n) is 5.84. The molecule has 216 valence electrons. The summed E-state index contributed by atoms with van der Waals surface area (Å²) in [6, 6.07) is 9.45. The number of benzene rings is 2. The summed E-state index contributed by atoms with van der Waals surface area (Å²) in [5, 5.41) is 25.9. The molecular weight excluding hydrogens is 542 g/mol. The second-order valence-electron chi connectivity index (χ2n) is 9.16. The summed E-state index contributed by atoms with van der Waals surface area (Å²) >= 11 is 1.30. The average molecular weight is 576 g/mol. The summed E-state index contributed by atoms with van der Waals surface area (Å²) < 4.78 is 10.3. The van der Waals surface area contributed by atoms with Gasteiger partial charge in [-0.25, -0.2) is 0 Å². The number of nitrogens with zero attached hydrogens (tertiary/aromatic N) is 1. The van der Waals surface area contributed by atoms with Crippen molar-refractivity contribution in [3.8, 4) is 11.5 Å². The highest BCUT2D eigenvalue weighted by Gasteiger charge is 2.31. The topological polar surface area (TPSA) is 174 Å². The van der Waals surface area contributed by atoms with E-state index in [1.165, 1.54) is 32.0 Å². The predicted molar refractivity (Wildman–Crippen MR) is 148 cm³/mol. The maximum Gasteiger partial charge on any atom is 0.305 e. The van der Waals surface area contributed by atoms with E-state index in [0.717, 1.165) is 11.6 Å². The highest BCUT2D eigenvalue weighted by Crippen LogP contribution is 2.34. The minimum absolute atomic E-state index is 0.0191. The molecule has 0 radical (unpaired) electrons. The number of aliphatic carboxylic acids is 1. The van der Waals surface area contributed by atoms with Gasteiger partial charge in [-0.2, -0.15) is 0 Å². The van der Waals surface area contributed by atoms with Gasteiger partial charge in [0.2, 0.25) is 11.8 Å². The van der Waals surface area contributed by atoms with Crippen LogP contribution in [-0.4, -0.2) is 65.7 Å². The first kappa shape index (κ1) is 32.1. The van der Waals surface area contributed by atoms with Gasteiger partial charge in [0.1, 0.15) is 6.04 Å². The lowest BCUT2D eigenvalue weighted by Gasteiger charge is -2.24. The van der Waals surface area contributed by atoms with Gasteiger partial charge in [0.05, 0.1) is 49.8 Å². The van der Waals surface area contributed by atoms with Crippen molar-refractivity contribution in [2.75, 3.05) is 20.0 Å². The highest BCUT2D eigenvalue weighted by molar-refractivity contribution is 7.99. The van der Waals surface area contributed by atoms with E-state index in [2.05, 4.69) is 10.6 Å². The molecule has 13 heteroatoms. The van der Waals surface area contributed by atoms with E-state index in [9.17, 15) is 34.4 Å². The minimum Gasteiger partial charge on any atom is -0.493 e. The van der Waals surface area contributed by atoms with Crippen molar-refractivity contribution < 1.29 is 38.7 Å². The molecule has 40 heavy (non-hydrogen) atoms. The van der Waals surface area contributed by atoms with Crippen molar-refractivity contribution >= 4 is 41.0 Å². The Morgan fingerprint density at radius 3 is 2.20 bits per heavy atom. The van der Waals surface area contributed by atoms with Crippen molar-refractivity contribution in [3.05, 3.63) is 63.7 Å². The van der Waals surface area contributed by atoms with Gasteiger partial charge in [0, 0.05) is 11.3 Å². The highest BCUT2D eigenvalue weighted by atomic mass is 32.2. The second-order valence-corrected chi connectivity index (χ2v) is 10.1. The molecule has 0 fully saturated rings. The largest absolute Gasteiger partial charge is 0.493 e. The van der Waals surface area contributed by atoms with E-state index in [-0.39, 0.29) is 28.5 Å². The minimum atomic E-state index is -1.29. The lowest BCUT2D eigenvalue weighted by Crippen LogP contribution is -2.54. The fourth-order valence-electron chi connectivity index (χ4n) is 3.78. The van der Waals surface area contributed by atoms with Gasteiger partial charge in [-0.1, -0.05) is 44.2 Å². The summed E-state index contributed by atoms with van der Waals surface area (Å²) in [4.78, 5) is 61.1. The first-order chi connectivity index (χ1) is 19.0. The van der Waals surface area contributed by atoms with Gasteiger partial charge < -0.3 is 25.2 Å². The van der Waals surface area contributed by atoms with Gasteiger partial charge in [0.25, 0.3) is 5.69 Å². The molecule has 12 nitrogen and oxygen atoms in total. The molecule has 2 aromatic carbocycles. The van der Waals surface area contributed by atoms with Crippen LogP contribution in [0.1, 0.15) is 31.4 Å². The van der Waals surface area contributed by atoms with Crippen molar-refractivity contribution in [2.24, 2.45) is 5.92 Å². The Morgan fingerprint density at radius 2 is 1.65 bits per heavy atom. The molecule has 0 aliphatic carbocycles. The van der Waals surface area contributed by atoms with Crippen LogP contribution in [0.5, 0.6) is 11.5 Å². The van der Waals surface area contributed by atoms with Gasteiger partial charge in [-0.15, -0.1) is 11.8 Å². The normalized spacial score (nSPS) is 12.2. The smallest absolute Gasteiger partial charge is 0.305 e. The number of carbonyl (C=O) groups excluding carboxylic acids is 3.